The first-order chi connectivity index (χ1) is 11.1. The van der Waals surface area contributed by atoms with Gasteiger partial charge in [0.15, 0.2) is 5.96 Å². The van der Waals surface area contributed by atoms with E-state index in [0.29, 0.717) is 12.5 Å². The highest BCUT2D eigenvalue weighted by molar-refractivity contribution is 14.0. The molecule has 0 atom stereocenters. The number of hydrogen-bond donors (Lipinski definition) is 1. The zero-order chi connectivity index (χ0) is 16.2. The van der Waals surface area contributed by atoms with E-state index in [4.69, 9.17) is 17.3 Å². The van der Waals surface area contributed by atoms with Crippen LogP contribution in [0.5, 0.6) is 0 Å². The zero-order valence-electron chi connectivity index (χ0n) is 13.5. The molecule has 2 N–H and O–H groups in total. The average Bonchev–Trinajstić information content (AvgIpc) is 2.99. The first-order valence-corrected chi connectivity index (χ1v) is 7.90. The molecular formula is C15H21ClIN7. The number of piperazine rings is 1. The topological polar surface area (TPSA) is 75.6 Å². The number of halogens is 2. The third-order valence-corrected chi connectivity index (χ3v) is 4.26. The van der Waals surface area contributed by atoms with Crippen molar-refractivity contribution in [2.45, 2.75) is 6.54 Å². The van der Waals surface area contributed by atoms with Crippen molar-refractivity contribution in [2.24, 2.45) is 17.8 Å². The van der Waals surface area contributed by atoms with Crippen LogP contribution in [0.1, 0.15) is 5.69 Å². The van der Waals surface area contributed by atoms with Gasteiger partial charge in [0.25, 0.3) is 0 Å². The highest BCUT2D eigenvalue weighted by atomic mass is 127. The van der Waals surface area contributed by atoms with Crippen LogP contribution in [-0.2, 0) is 13.6 Å². The van der Waals surface area contributed by atoms with Crippen molar-refractivity contribution < 1.29 is 0 Å². The van der Waals surface area contributed by atoms with Crippen LogP contribution in [0.25, 0.3) is 0 Å². The van der Waals surface area contributed by atoms with Gasteiger partial charge in [0.1, 0.15) is 0 Å². The predicted molar refractivity (Wildman–Crippen MR) is 107 cm³/mol. The molecule has 0 bridgehead atoms. The van der Waals surface area contributed by atoms with Crippen molar-refractivity contribution in [2.75, 3.05) is 31.1 Å². The van der Waals surface area contributed by atoms with Crippen molar-refractivity contribution in [3.8, 4) is 0 Å². The second-order valence-electron chi connectivity index (χ2n) is 5.47. The van der Waals surface area contributed by atoms with Crippen LogP contribution in [0, 0.1) is 0 Å². The molecule has 0 radical (unpaired) electrons. The molecule has 1 saturated heterocycles. The van der Waals surface area contributed by atoms with Crippen LogP contribution in [-0.4, -0.2) is 52.0 Å². The van der Waals surface area contributed by atoms with Gasteiger partial charge in [-0.3, -0.25) is 4.68 Å². The summed E-state index contributed by atoms with van der Waals surface area (Å²) in [5.41, 5.74) is 8.23. The molecule has 0 aliphatic carbocycles. The molecule has 0 saturated carbocycles. The molecule has 3 rings (SSSR count). The van der Waals surface area contributed by atoms with Crippen molar-refractivity contribution in [3.05, 3.63) is 41.2 Å². The average molecular weight is 462 g/mol. The highest BCUT2D eigenvalue weighted by Gasteiger charge is 2.18. The fourth-order valence-corrected chi connectivity index (χ4v) is 2.69. The molecule has 0 unspecified atom stereocenters. The Bertz CT molecular complexity index is 677. The normalized spacial score (nSPS) is 15.3. The van der Waals surface area contributed by atoms with E-state index in [1.807, 2.05) is 31.3 Å². The lowest BCUT2D eigenvalue weighted by Gasteiger charge is -2.36. The largest absolute Gasteiger partial charge is 0.370 e. The number of rotatable bonds is 3. The summed E-state index contributed by atoms with van der Waals surface area (Å²) in [6, 6.07) is 7.93. The zero-order valence-corrected chi connectivity index (χ0v) is 16.6. The van der Waals surface area contributed by atoms with Gasteiger partial charge in [-0.15, -0.1) is 29.1 Å². The fourth-order valence-electron chi connectivity index (χ4n) is 2.56. The van der Waals surface area contributed by atoms with E-state index in [1.54, 1.807) is 10.9 Å². The standard InChI is InChI=1S/C15H20ClN7.HI/c1-21-14(11-19-20-21)10-18-15(17)23-8-6-22(7-9-23)13-4-2-12(16)3-5-13;/h2-5,11H,6-10H2,1H3,(H2,17,18);1H. The molecule has 1 aromatic carbocycles. The summed E-state index contributed by atoms with van der Waals surface area (Å²) in [6.07, 6.45) is 1.70. The quantitative estimate of drug-likeness (QED) is 0.428. The van der Waals surface area contributed by atoms with Crippen LogP contribution in [0.2, 0.25) is 5.02 Å². The lowest BCUT2D eigenvalue weighted by molar-refractivity contribution is 0.380. The minimum absolute atomic E-state index is 0. The summed E-state index contributed by atoms with van der Waals surface area (Å²) < 4.78 is 1.70. The molecular weight excluding hydrogens is 441 g/mol. The molecule has 2 aromatic rings. The van der Waals surface area contributed by atoms with Crippen LogP contribution in [0.15, 0.2) is 35.5 Å². The molecule has 1 fully saturated rings. The maximum atomic E-state index is 6.11. The molecule has 1 aliphatic rings. The lowest BCUT2D eigenvalue weighted by atomic mass is 10.2. The molecule has 130 valence electrons. The summed E-state index contributed by atoms with van der Waals surface area (Å²) in [5.74, 6) is 0.571. The number of aliphatic imine (C=N–C) groups is 1. The van der Waals surface area contributed by atoms with E-state index in [0.717, 1.165) is 36.9 Å². The van der Waals surface area contributed by atoms with Gasteiger partial charge >= 0.3 is 0 Å². The van der Waals surface area contributed by atoms with Crippen molar-refractivity contribution in [1.82, 2.24) is 19.9 Å². The van der Waals surface area contributed by atoms with Gasteiger partial charge in [-0.05, 0) is 24.3 Å². The third-order valence-electron chi connectivity index (χ3n) is 4.01. The Labute approximate surface area is 163 Å². The molecule has 24 heavy (non-hydrogen) atoms. The summed E-state index contributed by atoms with van der Waals surface area (Å²) in [5, 5.41) is 8.48. The third kappa shape index (κ3) is 4.50. The molecule has 0 amide bonds. The van der Waals surface area contributed by atoms with Crippen molar-refractivity contribution in [1.29, 1.82) is 0 Å². The maximum absolute atomic E-state index is 6.11. The number of guanidine groups is 1. The fraction of sp³-hybridized carbons (Fsp3) is 0.400. The molecule has 1 aliphatic heterocycles. The minimum Gasteiger partial charge on any atom is -0.370 e. The van der Waals surface area contributed by atoms with Crippen molar-refractivity contribution in [3.63, 3.8) is 0 Å². The van der Waals surface area contributed by atoms with E-state index in [1.165, 1.54) is 5.69 Å². The van der Waals surface area contributed by atoms with Gasteiger partial charge in [0, 0.05) is 43.9 Å². The summed E-state index contributed by atoms with van der Waals surface area (Å²) in [7, 11) is 1.85. The van der Waals surface area contributed by atoms with Gasteiger partial charge in [0.05, 0.1) is 18.4 Å². The Kier molecular flexibility index (Phi) is 6.67. The molecule has 0 spiro atoms. The highest BCUT2D eigenvalue weighted by Crippen LogP contribution is 2.19. The molecule has 2 heterocycles. The summed E-state index contributed by atoms with van der Waals surface area (Å²) in [4.78, 5) is 8.88. The number of nitrogens with zero attached hydrogens (tertiary/aromatic N) is 6. The first kappa shape index (κ1) is 18.8. The van der Waals surface area contributed by atoms with Gasteiger partial charge in [0.2, 0.25) is 0 Å². The Morgan fingerprint density at radius 2 is 1.88 bits per heavy atom. The molecule has 1 aromatic heterocycles. The lowest BCUT2D eigenvalue weighted by Crippen LogP contribution is -2.51. The van der Waals surface area contributed by atoms with E-state index in [-0.39, 0.29) is 24.0 Å². The Hall–Kier alpha value is -1.55. The van der Waals surface area contributed by atoms with Gasteiger partial charge in [-0.2, -0.15) is 0 Å². The van der Waals surface area contributed by atoms with E-state index in [2.05, 4.69) is 25.1 Å². The Morgan fingerprint density at radius 1 is 1.21 bits per heavy atom. The number of aryl methyl sites for hydroxylation is 1. The summed E-state index contributed by atoms with van der Waals surface area (Å²) >= 11 is 5.93. The summed E-state index contributed by atoms with van der Waals surface area (Å²) in [6.45, 7) is 4.01. The Balaban J connectivity index is 0.00000208. The molecule has 7 nitrogen and oxygen atoms in total. The second kappa shape index (κ2) is 8.52. The number of nitrogens with two attached hydrogens (primary N) is 1. The number of benzene rings is 1. The molecule has 9 heteroatoms. The second-order valence-corrected chi connectivity index (χ2v) is 5.91. The SMILES string of the molecule is Cn1nncc1CN=C(N)N1CCN(c2ccc(Cl)cc2)CC1.I. The number of hydrogen-bond acceptors (Lipinski definition) is 4. The minimum atomic E-state index is 0. The van der Waals surface area contributed by atoms with Crippen LogP contribution >= 0.6 is 35.6 Å². The van der Waals surface area contributed by atoms with Crippen LogP contribution < -0.4 is 10.6 Å². The van der Waals surface area contributed by atoms with Gasteiger partial charge in [-0.1, -0.05) is 16.8 Å². The van der Waals surface area contributed by atoms with Crippen LogP contribution in [0.4, 0.5) is 5.69 Å². The first-order valence-electron chi connectivity index (χ1n) is 7.52. The monoisotopic (exact) mass is 461 g/mol. The van der Waals surface area contributed by atoms with Gasteiger partial charge < -0.3 is 15.5 Å². The van der Waals surface area contributed by atoms with E-state index in [9.17, 15) is 0 Å². The van der Waals surface area contributed by atoms with E-state index >= 15 is 0 Å². The van der Waals surface area contributed by atoms with Crippen molar-refractivity contribution >= 4 is 47.2 Å². The number of anilines is 1. The van der Waals surface area contributed by atoms with E-state index < -0.39 is 0 Å². The van der Waals surface area contributed by atoms with Gasteiger partial charge in [-0.25, -0.2) is 4.99 Å². The number of aromatic nitrogens is 3. The smallest absolute Gasteiger partial charge is 0.191 e. The maximum Gasteiger partial charge on any atom is 0.191 e. The van der Waals surface area contributed by atoms with Crippen LogP contribution in [0.3, 0.4) is 0 Å². The Morgan fingerprint density at radius 3 is 2.46 bits per heavy atom. The predicted octanol–water partition coefficient (Wildman–Crippen LogP) is 1.72.